The summed E-state index contributed by atoms with van der Waals surface area (Å²) in [6, 6.07) is 11.0. The number of nitrogens with two attached hydrogens (primary N) is 1. The van der Waals surface area contributed by atoms with Crippen molar-refractivity contribution in [1.29, 1.82) is 0 Å². The number of benzene rings is 2. The molecule has 1 amide bonds. The van der Waals surface area contributed by atoms with Crippen molar-refractivity contribution in [3.05, 3.63) is 58.1 Å². The van der Waals surface area contributed by atoms with Gasteiger partial charge in [0.1, 0.15) is 5.75 Å². The number of carbonyl (C=O) groups excluding carboxylic acids is 1. The minimum Gasteiger partial charge on any atom is -0.492 e. The minimum absolute atomic E-state index is 0.0329. The maximum Gasteiger partial charge on any atom is 0.238 e. The lowest BCUT2D eigenvalue weighted by atomic mass is 10.2. The van der Waals surface area contributed by atoms with Crippen molar-refractivity contribution < 1.29 is 17.9 Å². The molecule has 6 nitrogen and oxygen atoms in total. The van der Waals surface area contributed by atoms with Crippen LogP contribution >= 0.6 is 23.2 Å². The lowest BCUT2D eigenvalue weighted by Gasteiger charge is -2.09. The summed E-state index contributed by atoms with van der Waals surface area (Å²) in [5.74, 6) is 0.387. The Morgan fingerprint density at radius 2 is 1.81 bits per heavy atom. The lowest BCUT2D eigenvalue weighted by molar-refractivity contribution is -0.121. The van der Waals surface area contributed by atoms with Crippen molar-refractivity contribution in [2.24, 2.45) is 5.14 Å². The zero-order valence-electron chi connectivity index (χ0n) is 13.7. The van der Waals surface area contributed by atoms with Crippen LogP contribution in [-0.4, -0.2) is 20.9 Å². The fourth-order valence-electron chi connectivity index (χ4n) is 2.09. The third kappa shape index (κ3) is 6.49. The van der Waals surface area contributed by atoms with Gasteiger partial charge in [-0.1, -0.05) is 35.3 Å². The van der Waals surface area contributed by atoms with E-state index >= 15 is 0 Å². The van der Waals surface area contributed by atoms with Crippen molar-refractivity contribution >= 4 is 39.1 Å². The summed E-state index contributed by atoms with van der Waals surface area (Å²) in [6.45, 7) is 0.644. The fourth-order valence-corrected chi connectivity index (χ4v) is 3.07. The maximum atomic E-state index is 11.8. The summed E-state index contributed by atoms with van der Waals surface area (Å²) in [5, 5.41) is 8.74. The van der Waals surface area contributed by atoms with Gasteiger partial charge in [-0.3, -0.25) is 4.79 Å². The average Bonchev–Trinajstić information content (AvgIpc) is 2.58. The van der Waals surface area contributed by atoms with Crippen LogP contribution in [0.3, 0.4) is 0 Å². The number of hydrogen-bond acceptors (Lipinski definition) is 4. The largest absolute Gasteiger partial charge is 0.492 e. The molecule has 0 aliphatic carbocycles. The predicted molar refractivity (Wildman–Crippen MR) is 101 cm³/mol. The van der Waals surface area contributed by atoms with E-state index in [4.69, 9.17) is 33.1 Å². The van der Waals surface area contributed by atoms with Crippen LogP contribution in [0.5, 0.6) is 5.75 Å². The number of primary sulfonamides is 1. The molecule has 0 aliphatic heterocycles. The Morgan fingerprint density at radius 1 is 1.12 bits per heavy atom. The quantitative estimate of drug-likeness (QED) is 0.645. The predicted octanol–water partition coefficient (Wildman–Crippen LogP) is 3.12. The Kier molecular flexibility index (Phi) is 7.28. The van der Waals surface area contributed by atoms with Gasteiger partial charge in [-0.15, -0.1) is 0 Å². The molecule has 0 spiro atoms. The highest BCUT2D eigenvalue weighted by atomic mass is 35.5. The van der Waals surface area contributed by atoms with Crippen LogP contribution in [0.4, 0.5) is 0 Å². The second-order valence-corrected chi connectivity index (χ2v) is 7.90. The number of rotatable bonds is 8. The first kappa shape index (κ1) is 20.5. The summed E-state index contributed by atoms with van der Waals surface area (Å²) in [6.07, 6.45) is 0.815. The standard InChI is InChI=1S/C17H18Cl2N2O4S/c18-13-5-8-16(15(19)10-13)25-9-1-2-17(22)21-11-12-3-6-14(7-4-12)26(20,23)24/h3-8,10H,1-2,9,11H2,(H,21,22)(H2,20,23,24). The molecule has 0 aliphatic rings. The van der Waals surface area contributed by atoms with Crippen molar-refractivity contribution in [2.45, 2.75) is 24.3 Å². The van der Waals surface area contributed by atoms with Crippen LogP contribution in [-0.2, 0) is 21.4 Å². The molecule has 9 heteroatoms. The van der Waals surface area contributed by atoms with Gasteiger partial charge in [0, 0.05) is 18.0 Å². The van der Waals surface area contributed by atoms with Crippen molar-refractivity contribution in [2.75, 3.05) is 6.61 Å². The van der Waals surface area contributed by atoms with E-state index in [1.807, 2.05) is 0 Å². The molecule has 0 atom stereocenters. The number of ether oxygens (including phenoxy) is 1. The van der Waals surface area contributed by atoms with E-state index in [0.717, 1.165) is 5.56 Å². The third-order valence-corrected chi connectivity index (χ3v) is 4.90. The smallest absolute Gasteiger partial charge is 0.238 e. The topological polar surface area (TPSA) is 98.5 Å². The SMILES string of the molecule is NS(=O)(=O)c1ccc(CNC(=O)CCCOc2ccc(Cl)cc2Cl)cc1. The first-order valence-corrected chi connectivity index (χ1v) is 10.0. The molecule has 0 bridgehead atoms. The normalized spacial score (nSPS) is 11.2. The Morgan fingerprint density at radius 3 is 2.42 bits per heavy atom. The summed E-state index contributed by atoms with van der Waals surface area (Å²) in [4.78, 5) is 11.9. The summed E-state index contributed by atoms with van der Waals surface area (Å²) in [5.41, 5.74) is 0.773. The van der Waals surface area contributed by atoms with Crippen LogP contribution < -0.4 is 15.2 Å². The van der Waals surface area contributed by atoms with Crippen molar-refractivity contribution in [3.63, 3.8) is 0 Å². The Hall–Kier alpha value is -1.80. The van der Waals surface area contributed by atoms with Gasteiger partial charge in [0.05, 0.1) is 16.5 Å². The number of halogens is 2. The zero-order chi connectivity index (χ0) is 19.2. The monoisotopic (exact) mass is 416 g/mol. The van der Waals surface area contributed by atoms with E-state index in [9.17, 15) is 13.2 Å². The first-order valence-electron chi connectivity index (χ1n) is 7.72. The van der Waals surface area contributed by atoms with Gasteiger partial charge in [-0.25, -0.2) is 13.6 Å². The minimum atomic E-state index is -3.71. The lowest BCUT2D eigenvalue weighted by Crippen LogP contribution is -2.23. The summed E-state index contributed by atoms with van der Waals surface area (Å²) >= 11 is 11.8. The molecule has 2 rings (SSSR count). The van der Waals surface area contributed by atoms with Crippen LogP contribution in [0.25, 0.3) is 0 Å². The molecule has 26 heavy (non-hydrogen) atoms. The zero-order valence-corrected chi connectivity index (χ0v) is 16.1. The second-order valence-electron chi connectivity index (χ2n) is 5.49. The van der Waals surface area contributed by atoms with Gasteiger partial charge in [0.25, 0.3) is 0 Å². The van der Waals surface area contributed by atoms with Crippen molar-refractivity contribution in [1.82, 2.24) is 5.32 Å². The van der Waals surface area contributed by atoms with Crippen molar-refractivity contribution in [3.8, 4) is 5.75 Å². The van der Waals surface area contributed by atoms with Crippen LogP contribution in [0.15, 0.2) is 47.4 Å². The Balaban J connectivity index is 1.70. The second kappa shape index (κ2) is 9.23. The average molecular weight is 417 g/mol. The molecular formula is C17H18Cl2N2O4S. The van der Waals surface area contributed by atoms with Gasteiger partial charge in [-0.2, -0.15) is 0 Å². The number of carbonyl (C=O) groups is 1. The van der Waals surface area contributed by atoms with Gasteiger partial charge < -0.3 is 10.1 Å². The molecule has 0 fully saturated rings. The molecule has 0 heterocycles. The third-order valence-electron chi connectivity index (χ3n) is 3.44. The molecule has 2 aromatic carbocycles. The first-order chi connectivity index (χ1) is 12.3. The van der Waals surface area contributed by atoms with E-state index in [2.05, 4.69) is 5.32 Å². The molecule has 0 saturated heterocycles. The summed E-state index contributed by atoms with van der Waals surface area (Å²) in [7, 11) is -3.71. The number of amides is 1. The Bertz CT molecular complexity index is 871. The van der Waals surface area contributed by atoms with Gasteiger partial charge >= 0.3 is 0 Å². The molecule has 140 valence electrons. The molecule has 3 N–H and O–H groups in total. The molecular weight excluding hydrogens is 399 g/mol. The fraction of sp³-hybridized carbons (Fsp3) is 0.235. The van der Waals surface area contributed by atoms with E-state index in [-0.39, 0.29) is 10.8 Å². The molecule has 0 radical (unpaired) electrons. The van der Waals surface area contributed by atoms with Gasteiger partial charge in [0.2, 0.25) is 15.9 Å². The van der Waals surface area contributed by atoms with Crippen LogP contribution in [0.2, 0.25) is 10.0 Å². The number of hydrogen-bond donors (Lipinski definition) is 2. The van der Waals surface area contributed by atoms with Gasteiger partial charge in [-0.05, 0) is 42.3 Å². The van der Waals surface area contributed by atoms with Crippen LogP contribution in [0.1, 0.15) is 18.4 Å². The Labute approximate surface area is 162 Å². The summed E-state index contributed by atoms with van der Waals surface area (Å²) < 4.78 is 27.9. The molecule has 0 saturated carbocycles. The van der Waals surface area contributed by atoms with E-state index in [0.29, 0.717) is 41.8 Å². The molecule has 0 unspecified atom stereocenters. The van der Waals surface area contributed by atoms with E-state index in [1.54, 1.807) is 30.3 Å². The van der Waals surface area contributed by atoms with E-state index in [1.165, 1.54) is 12.1 Å². The number of nitrogens with one attached hydrogen (secondary N) is 1. The highest BCUT2D eigenvalue weighted by molar-refractivity contribution is 7.89. The maximum absolute atomic E-state index is 11.8. The van der Waals surface area contributed by atoms with Gasteiger partial charge in [0.15, 0.2) is 0 Å². The molecule has 2 aromatic rings. The highest BCUT2D eigenvalue weighted by Gasteiger charge is 2.08. The molecule has 0 aromatic heterocycles. The highest BCUT2D eigenvalue weighted by Crippen LogP contribution is 2.27. The number of sulfonamides is 1. The van der Waals surface area contributed by atoms with Crippen LogP contribution in [0, 0.1) is 0 Å². The van der Waals surface area contributed by atoms with E-state index < -0.39 is 10.0 Å².